The maximum absolute atomic E-state index is 12.0. The minimum Gasteiger partial charge on any atom is -0.399 e. The molecule has 0 amide bonds. The summed E-state index contributed by atoms with van der Waals surface area (Å²) in [5.74, 6) is -0.0404. The Morgan fingerprint density at radius 2 is 1.81 bits per heavy atom. The van der Waals surface area contributed by atoms with Gasteiger partial charge in [0.05, 0.1) is 10.5 Å². The monoisotopic (exact) mass is 261 g/mol. The Hall–Kier alpha value is -0.740. The Morgan fingerprint density at radius 1 is 1.25 bits per heavy atom. The van der Waals surface area contributed by atoms with Gasteiger partial charge in [0.2, 0.25) is 0 Å². The van der Waals surface area contributed by atoms with E-state index >= 15 is 0 Å². The molecule has 1 aromatic rings. The van der Waals surface area contributed by atoms with E-state index in [2.05, 4.69) is 0 Å². The summed E-state index contributed by atoms with van der Waals surface area (Å²) in [7, 11) is -3.20. The van der Waals surface area contributed by atoms with Crippen LogP contribution in [0.1, 0.15) is 26.3 Å². The largest absolute Gasteiger partial charge is 0.399 e. The van der Waals surface area contributed by atoms with Gasteiger partial charge in [-0.2, -0.15) is 0 Å². The molecule has 3 nitrogen and oxygen atoms in total. The van der Waals surface area contributed by atoms with Crippen molar-refractivity contribution in [2.24, 2.45) is 0 Å². The van der Waals surface area contributed by atoms with Gasteiger partial charge < -0.3 is 5.73 Å². The third-order valence-corrected chi connectivity index (χ3v) is 5.07. The van der Waals surface area contributed by atoms with E-state index in [1.165, 1.54) is 0 Å². The average molecular weight is 262 g/mol. The number of sulfone groups is 1. The number of anilines is 1. The van der Waals surface area contributed by atoms with Crippen molar-refractivity contribution in [3.05, 3.63) is 28.8 Å². The van der Waals surface area contributed by atoms with E-state index in [0.717, 1.165) is 0 Å². The van der Waals surface area contributed by atoms with Crippen molar-refractivity contribution in [1.29, 1.82) is 0 Å². The molecule has 0 saturated carbocycles. The van der Waals surface area contributed by atoms with E-state index in [1.807, 2.05) is 0 Å². The number of hydrogen-bond donors (Lipinski definition) is 1. The lowest BCUT2D eigenvalue weighted by Crippen LogP contribution is -2.29. The Bertz CT molecular complexity index is 469. The normalized spacial score (nSPS) is 12.8. The predicted octanol–water partition coefficient (Wildman–Crippen LogP) is 2.64. The summed E-state index contributed by atoms with van der Waals surface area (Å²) in [4.78, 5) is 0. The molecule has 0 spiro atoms. The van der Waals surface area contributed by atoms with Crippen LogP contribution < -0.4 is 5.73 Å². The highest BCUT2D eigenvalue weighted by Gasteiger charge is 2.29. The zero-order valence-electron chi connectivity index (χ0n) is 9.62. The van der Waals surface area contributed by atoms with Gasteiger partial charge in [-0.25, -0.2) is 8.42 Å². The third-order valence-electron chi connectivity index (χ3n) is 2.27. The summed E-state index contributed by atoms with van der Waals surface area (Å²) in [6.07, 6.45) is 0. The second kappa shape index (κ2) is 4.26. The Kier molecular flexibility index (Phi) is 3.55. The van der Waals surface area contributed by atoms with Gasteiger partial charge >= 0.3 is 0 Å². The molecule has 0 aromatic heterocycles. The molecule has 90 valence electrons. The summed E-state index contributed by atoms with van der Waals surface area (Å²) < 4.78 is 23.1. The van der Waals surface area contributed by atoms with E-state index in [1.54, 1.807) is 39.0 Å². The SMILES string of the molecule is CC(C)(C)S(=O)(=O)Cc1cc(N)cc(Cl)c1. The number of benzene rings is 1. The van der Waals surface area contributed by atoms with Gasteiger partial charge in [0.15, 0.2) is 9.84 Å². The van der Waals surface area contributed by atoms with Crippen molar-refractivity contribution in [3.63, 3.8) is 0 Å². The topological polar surface area (TPSA) is 60.2 Å². The van der Waals surface area contributed by atoms with Gasteiger partial charge in [-0.05, 0) is 44.5 Å². The van der Waals surface area contributed by atoms with Gasteiger partial charge in [0.1, 0.15) is 0 Å². The standard InChI is InChI=1S/C11H16ClNO2S/c1-11(2,3)16(14,15)7-8-4-9(12)6-10(13)5-8/h4-6H,7,13H2,1-3H3. The van der Waals surface area contributed by atoms with E-state index in [-0.39, 0.29) is 5.75 Å². The predicted molar refractivity (Wildman–Crippen MR) is 68.2 cm³/mol. The highest BCUT2D eigenvalue weighted by molar-refractivity contribution is 7.91. The van der Waals surface area contributed by atoms with Crippen LogP contribution in [0.25, 0.3) is 0 Å². The fourth-order valence-corrected chi connectivity index (χ4v) is 2.50. The number of nitrogen functional groups attached to an aromatic ring is 1. The van der Waals surface area contributed by atoms with Crippen LogP contribution in [-0.4, -0.2) is 13.2 Å². The van der Waals surface area contributed by atoms with Crippen LogP contribution in [0.3, 0.4) is 0 Å². The average Bonchev–Trinajstić information content (AvgIpc) is 1.97. The summed E-state index contributed by atoms with van der Waals surface area (Å²) in [5.41, 5.74) is 6.71. The summed E-state index contributed by atoms with van der Waals surface area (Å²) in [6, 6.07) is 4.85. The van der Waals surface area contributed by atoms with E-state index in [4.69, 9.17) is 17.3 Å². The smallest absolute Gasteiger partial charge is 0.159 e. The van der Waals surface area contributed by atoms with Crippen LogP contribution in [0.2, 0.25) is 5.02 Å². The summed E-state index contributed by atoms with van der Waals surface area (Å²) in [5, 5.41) is 0.458. The van der Waals surface area contributed by atoms with Crippen molar-refractivity contribution in [2.75, 3.05) is 5.73 Å². The van der Waals surface area contributed by atoms with Crippen LogP contribution in [0.5, 0.6) is 0 Å². The highest BCUT2D eigenvalue weighted by atomic mass is 35.5. The lowest BCUT2D eigenvalue weighted by Gasteiger charge is -2.19. The molecule has 0 aliphatic carbocycles. The molecule has 0 heterocycles. The molecule has 0 saturated heterocycles. The van der Waals surface area contributed by atoms with Crippen molar-refractivity contribution >= 4 is 27.1 Å². The molecular formula is C11H16ClNO2S. The fraction of sp³-hybridized carbons (Fsp3) is 0.455. The quantitative estimate of drug-likeness (QED) is 0.833. The van der Waals surface area contributed by atoms with Crippen LogP contribution >= 0.6 is 11.6 Å². The molecule has 0 bridgehead atoms. The van der Waals surface area contributed by atoms with Crippen molar-refractivity contribution in [2.45, 2.75) is 31.3 Å². The van der Waals surface area contributed by atoms with Gasteiger partial charge in [0.25, 0.3) is 0 Å². The Balaban J connectivity index is 3.07. The van der Waals surface area contributed by atoms with Crippen LogP contribution in [0.4, 0.5) is 5.69 Å². The number of rotatable bonds is 2. The lowest BCUT2D eigenvalue weighted by atomic mass is 10.2. The molecule has 1 aromatic carbocycles. The first-order chi connectivity index (χ1) is 7.12. The first kappa shape index (κ1) is 13.3. The molecule has 0 atom stereocenters. The molecule has 16 heavy (non-hydrogen) atoms. The zero-order valence-corrected chi connectivity index (χ0v) is 11.2. The summed E-state index contributed by atoms with van der Waals surface area (Å²) >= 11 is 5.82. The highest BCUT2D eigenvalue weighted by Crippen LogP contribution is 2.23. The maximum atomic E-state index is 12.0. The first-order valence-electron chi connectivity index (χ1n) is 4.89. The van der Waals surface area contributed by atoms with Crippen molar-refractivity contribution in [1.82, 2.24) is 0 Å². The van der Waals surface area contributed by atoms with Crippen molar-refractivity contribution in [3.8, 4) is 0 Å². The molecular weight excluding hydrogens is 246 g/mol. The van der Waals surface area contributed by atoms with Crippen LogP contribution in [0, 0.1) is 0 Å². The van der Waals surface area contributed by atoms with Gasteiger partial charge in [0, 0.05) is 10.7 Å². The van der Waals surface area contributed by atoms with E-state index in [9.17, 15) is 8.42 Å². The molecule has 5 heteroatoms. The zero-order chi connectivity index (χ0) is 12.6. The molecule has 0 unspecified atom stereocenters. The second-order valence-electron chi connectivity index (χ2n) is 4.76. The van der Waals surface area contributed by atoms with Gasteiger partial charge in [-0.1, -0.05) is 11.6 Å². The molecule has 2 N–H and O–H groups in total. The number of nitrogens with two attached hydrogens (primary N) is 1. The molecule has 0 aliphatic heterocycles. The number of hydrogen-bond acceptors (Lipinski definition) is 3. The van der Waals surface area contributed by atoms with E-state index < -0.39 is 14.6 Å². The lowest BCUT2D eigenvalue weighted by molar-refractivity contribution is 0.559. The number of halogens is 1. The van der Waals surface area contributed by atoms with Gasteiger partial charge in [-0.15, -0.1) is 0 Å². The Labute approximate surface area is 102 Å². The van der Waals surface area contributed by atoms with Crippen molar-refractivity contribution < 1.29 is 8.42 Å². The first-order valence-corrected chi connectivity index (χ1v) is 6.92. The minimum atomic E-state index is -3.20. The van der Waals surface area contributed by atoms with Gasteiger partial charge in [-0.3, -0.25) is 0 Å². The molecule has 0 radical (unpaired) electrons. The molecule has 0 aliphatic rings. The third kappa shape index (κ3) is 3.12. The Morgan fingerprint density at radius 3 is 2.25 bits per heavy atom. The maximum Gasteiger partial charge on any atom is 0.159 e. The van der Waals surface area contributed by atoms with Crippen LogP contribution in [0.15, 0.2) is 18.2 Å². The fourth-order valence-electron chi connectivity index (χ4n) is 1.19. The van der Waals surface area contributed by atoms with E-state index in [0.29, 0.717) is 16.3 Å². The molecule has 0 fully saturated rings. The van der Waals surface area contributed by atoms with Crippen LogP contribution in [-0.2, 0) is 15.6 Å². The minimum absolute atomic E-state index is 0.0404. The summed E-state index contributed by atoms with van der Waals surface area (Å²) in [6.45, 7) is 5.03. The second-order valence-corrected chi connectivity index (χ2v) is 7.94. The molecule has 1 rings (SSSR count).